The van der Waals surface area contributed by atoms with Gasteiger partial charge in [-0.05, 0) is 29.7 Å². The van der Waals surface area contributed by atoms with E-state index in [1.54, 1.807) is 0 Å². The molecule has 0 bridgehead atoms. The van der Waals surface area contributed by atoms with Crippen molar-refractivity contribution in [3.63, 3.8) is 0 Å². The largest absolute Gasteiger partial charge is 0.260 e. The molecule has 1 aliphatic heterocycles. The molecule has 0 radical (unpaired) electrons. The molecule has 1 nitrogen and oxygen atoms in total. The zero-order chi connectivity index (χ0) is 12.5. The van der Waals surface area contributed by atoms with Gasteiger partial charge in [0.1, 0.15) is 0 Å². The second-order valence-electron chi connectivity index (χ2n) is 5.10. The second kappa shape index (κ2) is 4.77. The van der Waals surface area contributed by atoms with Crippen molar-refractivity contribution in [3.8, 4) is 0 Å². The Morgan fingerprint density at radius 2 is 1.83 bits per heavy atom. The van der Waals surface area contributed by atoms with E-state index in [0.717, 1.165) is 0 Å². The molecule has 3 rings (SSSR count). The van der Waals surface area contributed by atoms with Crippen LogP contribution in [0.15, 0.2) is 53.6 Å². The molecule has 0 saturated heterocycles. The van der Waals surface area contributed by atoms with Gasteiger partial charge >= 0.3 is 0 Å². The van der Waals surface area contributed by atoms with E-state index >= 15 is 0 Å². The monoisotopic (exact) mass is 255 g/mol. The third-order valence-corrected chi connectivity index (χ3v) is 4.97. The van der Waals surface area contributed by atoms with E-state index in [-0.39, 0.29) is 0 Å². The Morgan fingerprint density at radius 3 is 2.56 bits per heavy atom. The molecule has 1 aliphatic rings. The molecule has 2 atom stereocenters. The third kappa shape index (κ3) is 1.95. The Labute approximate surface area is 113 Å². The lowest BCUT2D eigenvalue weighted by molar-refractivity contribution is 0.488. The van der Waals surface area contributed by atoms with Crippen LogP contribution in [0.5, 0.6) is 0 Å². The van der Waals surface area contributed by atoms with Crippen LogP contribution in [0.4, 0.5) is 0 Å². The van der Waals surface area contributed by atoms with Gasteiger partial charge in [-0.2, -0.15) is 0 Å². The lowest BCUT2D eigenvalue weighted by Crippen LogP contribution is -2.11. The molecule has 18 heavy (non-hydrogen) atoms. The van der Waals surface area contributed by atoms with Crippen LogP contribution in [-0.2, 0) is 0 Å². The molecule has 92 valence electrons. The summed E-state index contributed by atoms with van der Waals surface area (Å²) < 4.78 is 0. The summed E-state index contributed by atoms with van der Waals surface area (Å²) in [5.74, 6) is 1.20. The van der Waals surface area contributed by atoms with Crippen molar-refractivity contribution in [2.75, 3.05) is 0 Å². The van der Waals surface area contributed by atoms with Crippen LogP contribution in [0.1, 0.15) is 36.3 Å². The molecular formula is C16H17NS. The maximum Gasteiger partial charge on any atom is 0.0588 e. The average molecular weight is 255 g/mol. The molecule has 0 fully saturated rings. The highest BCUT2D eigenvalue weighted by atomic mass is 32.2. The first kappa shape index (κ1) is 11.8. The van der Waals surface area contributed by atoms with Crippen molar-refractivity contribution in [1.29, 1.82) is 0 Å². The fourth-order valence-electron chi connectivity index (χ4n) is 2.73. The minimum absolute atomic E-state index is 0.462. The van der Waals surface area contributed by atoms with Crippen LogP contribution in [-0.4, -0.2) is 4.98 Å². The molecule has 1 aromatic heterocycles. The lowest BCUT2D eigenvalue weighted by Gasteiger charge is -2.22. The highest BCUT2D eigenvalue weighted by Crippen LogP contribution is 2.56. The van der Waals surface area contributed by atoms with E-state index in [1.807, 2.05) is 24.0 Å². The van der Waals surface area contributed by atoms with Gasteiger partial charge in [-0.1, -0.05) is 38.1 Å². The summed E-state index contributed by atoms with van der Waals surface area (Å²) in [5, 5.41) is 0.462. The van der Waals surface area contributed by atoms with Gasteiger partial charge in [-0.15, -0.1) is 11.8 Å². The Balaban J connectivity index is 2.04. The number of pyridine rings is 1. The van der Waals surface area contributed by atoms with E-state index < -0.39 is 0 Å². The standard InChI is InChI=1S/C16H17NS/c1-11(2)15-12-7-3-4-9-14(12)18-16(15)13-8-5-6-10-17-13/h3-11,15-16H,1-2H3. The van der Waals surface area contributed by atoms with Crippen molar-refractivity contribution < 1.29 is 0 Å². The molecule has 0 amide bonds. The summed E-state index contributed by atoms with van der Waals surface area (Å²) in [7, 11) is 0. The zero-order valence-electron chi connectivity index (χ0n) is 10.7. The van der Waals surface area contributed by atoms with Crippen molar-refractivity contribution in [2.24, 2.45) is 5.92 Å². The number of fused-ring (bicyclic) bond motifs is 1. The van der Waals surface area contributed by atoms with Gasteiger partial charge in [0.15, 0.2) is 0 Å². The first-order valence-electron chi connectivity index (χ1n) is 6.44. The first-order chi connectivity index (χ1) is 8.77. The van der Waals surface area contributed by atoms with E-state index in [9.17, 15) is 0 Å². The minimum atomic E-state index is 0.462. The van der Waals surface area contributed by atoms with Crippen LogP contribution in [0.2, 0.25) is 0 Å². The van der Waals surface area contributed by atoms with E-state index in [2.05, 4.69) is 55.2 Å². The van der Waals surface area contributed by atoms with Gasteiger partial charge in [-0.25, -0.2) is 0 Å². The first-order valence-corrected chi connectivity index (χ1v) is 7.32. The van der Waals surface area contributed by atoms with Crippen molar-refractivity contribution in [3.05, 3.63) is 59.9 Å². The summed E-state index contributed by atoms with van der Waals surface area (Å²) in [6, 6.07) is 15.0. The Kier molecular flexibility index (Phi) is 3.13. The Hall–Kier alpha value is -1.28. The summed E-state index contributed by atoms with van der Waals surface area (Å²) in [6.07, 6.45) is 1.90. The number of nitrogens with zero attached hydrogens (tertiary/aromatic N) is 1. The van der Waals surface area contributed by atoms with Crippen LogP contribution >= 0.6 is 11.8 Å². The molecule has 2 unspecified atom stereocenters. The minimum Gasteiger partial charge on any atom is -0.260 e. The molecular weight excluding hydrogens is 238 g/mol. The number of hydrogen-bond donors (Lipinski definition) is 0. The zero-order valence-corrected chi connectivity index (χ0v) is 11.5. The topological polar surface area (TPSA) is 12.9 Å². The summed E-state index contributed by atoms with van der Waals surface area (Å²) >= 11 is 1.96. The highest BCUT2D eigenvalue weighted by Gasteiger charge is 2.36. The van der Waals surface area contributed by atoms with Crippen molar-refractivity contribution >= 4 is 11.8 Å². The SMILES string of the molecule is CC(C)C1c2ccccc2SC1c1ccccn1. The van der Waals surface area contributed by atoms with Crippen molar-refractivity contribution in [2.45, 2.75) is 29.9 Å². The molecule has 0 saturated carbocycles. The summed E-state index contributed by atoms with van der Waals surface area (Å²) in [4.78, 5) is 5.98. The predicted molar refractivity (Wildman–Crippen MR) is 76.9 cm³/mol. The number of hydrogen-bond acceptors (Lipinski definition) is 2. The van der Waals surface area contributed by atoms with Gasteiger partial charge in [0.2, 0.25) is 0 Å². The maximum atomic E-state index is 4.56. The Morgan fingerprint density at radius 1 is 1.06 bits per heavy atom. The van der Waals surface area contributed by atoms with Crippen LogP contribution in [0.3, 0.4) is 0 Å². The van der Waals surface area contributed by atoms with Crippen LogP contribution < -0.4 is 0 Å². The van der Waals surface area contributed by atoms with E-state index in [1.165, 1.54) is 16.2 Å². The maximum absolute atomic E-state index is 4.56. The van der Waals surface area contributed by atoms with Gasteiger partial charge in [0.25, 0.3) is 0 Å². The fourth-order valence-corrected chi connectivity index (χ4v) is 4.37. The Bertz CT molecular complexity index is 536. The van der Waals surface area contributed by atoms with Crippen LogP contribution in [0.25, 0.3) is 0 Å². The van der Waals surface area contributed by atoms with Gasteiger partial charge in [0.05, 0.1) is 10.9 Å². The molecule has 2 heteroatoms. The number of thioether (sulfide) groups is 1. The number of aromatic nitrogens is 1. The molecule has 0 aliphatic carbocycles. The smallest absolute Gasteiger partial charge is 0.0588 e. The number of benzene rings is 1. The van der Waals surface area contributed by atoms with E-state index in [0.29, 0.717) is 17.1 Å². The summed E-state index contributed by atoms with van der Waals surface area (Å²) in [6.45, 7) is 4.62. The van der Waals surface area contributed by atoms with Crippen LogP contribution in [0, 0.1) is 5.92 Å². The van der Waals surface area contributed by atoms with E-state index in [4.69, 9.17) is 0 Å². The van der Waals surface area contributed by atoms with Gasteiger partial charge in [0, 0.05) is 17.0 Å². The molecule has 0 spiro atoms. The molecule has 1 aromatic carbocycles. The van der Waals surface area contributed by atoms with Gasteiger partial charge in [-0.3, -0.25) is 4.98 Å². The predicted octanol–water partition coefficient (Wildman–Crippen LogP) is 4.67. The molecule has 2 aromatic rings. The average Bonchev–Trinajstić information content (AvgIpc) is 2.79. The third-order valence-electron chi connectivity index (χ3n) is 3.56. The normalized spacial score (nSPS) is 22.2. The summed E-state index contributed by atoms with van der Waals surface area (Å²) in [5.41, 5.74) is 2.70. The van der Waals surface area contributed by atoms with Gasteiger partial charge < -0.3 is 0 Å². The second-order valence-corrected chi connectivity index (χ2v) is 6.28. The molecule has 2 heterocycles. The fraction of sp³-hybridized carbons (Fsp3) is 0.312. The lowest BCUT2D eigenvalue weighted by atomic mass is 9.84. The quantitative estimate of drug-likeness (QED) is 0.773. The number of rotatable bonds is 2. The highest BCUT2D eigenvalue weighted by molar-refractivity contribution is 8.00. The molecule has 0 N–H and O–H groups in total. The van der Waals surface area contributed by atoms with Crippen molar-refractivity contribution in [1.82, 2.24) is 4.98 Å².